The van der Waals surface area contributed by atoms with Crippen LogP contribution in [0, 0.1) is 5.92 Å². The van der Waals surface area contributed by atoms with E-state index in [2.05, 4.69) is 10.6 Å². The second-order valence-electron chi connectivity index (χ2n) is 6.45. The van der Waals surface area contributed by atoms with E-state index in [-0.39, 0.29) is 23.9 Å². The van der Waals surface area contributed by atoms with Crippen LogP contribution in [0.4, 0.5) is 21.0 Å². The smallest absolute Gasteiger partial charge is 0.409 e. The molecule has 0 bridgehead atoms. The average molecular weight is 360 g/mol. The highest BCUT2D eigenvalue weighted by Gasteiger charge is 2.29. The van der Waals surface area contributed by atoms with Gasteiger partial charge in [-0.15, -0.1) is 0 Å². The van der Waals surface area contributed by atoms with Crippen LogP contribution in [0.3, 0.4) is 0 Å². The predicted molar refractivity (Wildman–Crippen MR) is 97.0 cm³/mol. The quantitative estimate of drug-likeness (QED) is 0.862. The highest BCUT2D eigenvalue weighted by molar-refractivity contribution is 5.95. The number of piperazine rings is 1. The summed E-state index contributed by atoms with van der Waals surface area (Å²) in [5.41, 5.74) is 1.29. The number of rotatable bonds is 4. The second-order valence-corrected chi connectivity index (χ2v) is 6.45. The zero-order valence-corrected chi connectivity index (χ0v) is 14.9. The number of carbonyl (C=O) groups is 3. The maximum Gasteiger partial charge on any atom is 0.409 e. The Morgan fingerprint density at radius 3 is 2.27 bits per heavy atom. The monoisotopic (exact) mass is 360 g/mol. The molecule has 1 saturated heterocycles. The zero-order chi connectivity index (χ0) is 18.5. The summed E-state index contributed by atoms with van der Waals surface area (Å²) in [6.07, 6.45) is 1.55. The fourth-order valence-corrected chi connectivity index (χ4v) is 2.77. The maximum absolute atomic E-state index is 12.4. The molecule has 1 saturated carbocycles. The van der Waals surface area contributed by atoms with Gasteiger partial charge in [-0.05, 0) is 38.0 Å². The summed E-state index contributed by atoms with van der Waals surface area (Å²) in [4.78, 5) is 39.2. The number of anilines is 2. The molecule has 2 fully saturated rings. The van der Waals surface area contributed by atoms with Gasteiger partial charge in [0, 0.05) is 43.5 Å². The predicted octanol–water partition coefficient (Wildman–Crippen LogP) is 2.34. The summed E-state index contributed by atoms with van der Waals surface area (Å²) in [6, 6.07) is 6.89. The number of hydrogen-bond donors (Lipinski definition) is 2. The molecule has 0 unspecified atom stereocenters. The molecule has 26 heavy (non-hydrogen) atoms. The van der Waals surface area contributed by atoms with Crippen LogP contribution in [0.2, 0.25) is 0 Å². The molecule has 4 amide bonds. The Labute approximate surface area is 152 Å². The third-order valence-corrected chi connectivity index (χ3v) is 4.42. The van der Waals surface area contributed by atoms with E-state index < -0.39 is 0 Å². The van der Waals surface area contributed by atoms with E-state index in [4.69, 9.17) is 4.74 Å². The van der Waals surface area contributed by atoms with E-state index in [9.17, 15) is 14.4 Å². The summed E-state index contributed by atoms with van der Waals surface area (Å²) >= 11 is 0. The van der Waals surface area contributed by atoms with Gasteiger partial charge in [0.2, 0.25) is 5.91 Å². The number of nitrogens with zero attached hydrogens (tertiary/aromatic N) is 2. The standard InChI is InChI=1S/C18H24N4O4/c1-2-26-18(25)22-10-8-21(9-11-22)17(24)20-15-5-3-4-14(12-15)19-16(23)13-6-7-13/h3-5,12-13H,2,6-11H2,1H3,(H,19,23)(H,20,24). The largest absolute Gasteiger partial charge is 0.450 e. The average Bonchev–Trinajstić information content (AvgIpc) is 3.47. The number of amides is 4. The number of carbonyl (C=O) groups excluding carboxylic acids is 3. The van der Waals surface area contributed by atoms with Crippen molar-refractivity contribution in [2.75, 3.05) is 43.4 Å². The lowest BCUT2D eigenvalue weighted by molar-refractivity contribution is -0.117. The zero-order valence-electron chi connectivity index (χ0n) is 14.9. The Balaban J connectivity index is 1.50. The molecule has 1 aliphatic heterocycles. The van der Waals surface area contributed by atoms with E-state index >= 15 is 0 Å². The van der Waals surface area contributed by atoms with Crippen LogP contribution in [0.15, 0.2) is 24.3 Å². The maximum atomic E-state index is 12.4. The molecule has 1 aromatic rings. The van der Waals surface area contributed by atoms with Gasteiger partial charge in [-0.2, -0.15) is 0 Å². The van der Waals surface area contributed by atoms with Gasteiger partial charge in [-0.25, -0.2) is 9.59 Å². The first kappa shape index (κ1) is 18.0. The Kier molecular flexibility index (Phi) is 5.60. The number of benzene rings is 1. The molecular formula is C18H24N4O4. The van der Waals surface area contributed by atoms with Gasteiger partial charge in [-0.1, -0.05) is 6.07 Å². The third kappa shape index (κ3) is 4.65. The van der Waals surface area contributed by atoms with Crippen molar-refractivity contribution in [1.82, 2.24) is 9.80 Å². The summed E-state index contributed by atoms with van der Waals surface area (Å²) < 4.78 is 4.97. The summed E-state index contributed by atoms with van der Waals surface area (Å²) in [6.45, 7) is 3.90. The first-order valence-corrected chi connectivity index (χ1v) is 8.95. The fourth-order valence-electron chi connectivity index (χ4n) is 2.77. The molecule has 140 valence electrons. The van der Waals surface area contributed by atoms with E-state index in [0.717, 1.165) is 12.8 Å². The van der Waals surface area contributed by atoms with Gasteiger partial charge in [0.25, 0.3) is 0 Å². The van der Waals surface area contributed by atoms with Crippen LogP contribution < -0.4 is 10.6 Å². The summed E-state index contributed by atoms with van der Waals surface area (Å²) in [5.74, 6) is 0.160. The minimum absolute atomic E-state index is 0.0311. The molecule has 8 nitrogen and oxygen atoms in total. The van der Waals surface area contributed by atoms with Crippen LogP contribution in [0.1, 0.15) is 19.8 Å². The van der Waals surface area contributed by atoms with Crippen molar-refractivity contribution >= 4 is 29.4 Å². The van der Waals surface area contributed by atoms with Gasteiger partial charge >= 0.3 is 12.1 Å². The van der Waals surface area contributed by atoms with Crippen molar-refractivity contribution in [1.29, 1.82) is 0 Å². The summed E-state index contributed by atoms with van der Waals surface area (Å²) in [7, 11) is 0. The molecule has 0 radical (unpaired) electrons. The SMILES string of the molecule is CCOC(=O)N1CCN(C(=O)Nc2cccc(NC(=O)C3CC3)c2)CC1. The Morgan fingerprint density at radius 2 is 1.65 bits per heavy atom. The summed E-state index contributed by atoms with van der Waals surface area (Å²) in [5, 5.41) is 5.71. The van der Waals surface area contributed by atoms with Crippen molar-refractivity contribution in [3.8, 4) is 0 Å². The lowest BCUT2D eigenvalue weighted by Crippen LogP contribution is -2.51. The normalized spacial score (nSPS) is 16.8. The molecular weight excluding hydrogens is 336 g/mol. The molecule has 8 heteroatoms. The van der Waals surface area contributed by atoms with Gasteiger partial charge in [-0.3, -0.25) is 4.79 Å². The number of urea groups is 1. The molecule has 2 aliphatic rings. The van der Waals surface area contributed by atoms with E-state index in [1.807, 2.05) is 0 Å². The molecule has 0 spiro atoms. The van der Waals surface area contributed by atoms with E-state index in [1.165, 1.54) is 0 Å². The molecule has 2 N–H and O–H groups in total. The lowest BCUT2D eigenvalue weighted by atomic mass is 10.2. The topological polar surface area (TPSA) is 91.0 Å². The van der Waals surface area contributed by atoms with Gasteiger partial charge in [0.05, 0.1) is 6.61 Å². The minimum atomic E-state index is -0.341. The molecule has 1 heterocycles. The number of nitrogens with one attached hydrogen (secondary N) is 2. The lowest BCUT2D eigenvalue weighted by Gasteiger charge is -2.34. The van der Waals surface area contributed by atoms with Crippen molar-refractivity contribution in [3.63, 3.8) is 0 Å². The van der Waals surface area contributed by atoms with Crippen LogP contribution >= 0.6 is 0 Å². The Bertz CT molecular complexity index is 682. The van der Waals surface area contributed by atoms with Crippen LogP contribution in [0.25, 0.3) is 0 Å². The molecule has 1 aliphatic carbocycles. The van der Waals surface area contributed by atoms with Gasteiger partial charge < -0.3 is 25.2 Å². The fraction of sp³-hybridized carbons (Fsp3) is 0.500. The highest BCUT2D eigenvalue weighted by atomic mass is 16.6. The third-order valence-electron chi connectivity index (χ3n) is 4.42. The number of ether oxygens (including phenoxy) is 1. The van der Waals surface area contributed by atoms with E-state index in [0.29, 0.717) is 44.2 Å². The molecule has 0 aromatic heterocycles. The van der Waals surface area contributed by atoms with Crippen molar-refractivity contribution in [2.24, 2.45) is 5.92 Å². The second kappa shape index (κ2) is 8.07. The minimum Gasteiger partial charge on any atom is -0.450 e. The van der Waals surface area contributed by atoms with Gasteiger partial charge in [0.1, 0.15) is 0 Å². The first-order chi connectivity index (χ1) is 12.6. The van der Waals surface area contributed by atoms with Crippen molar-refractivity contribution < 1.29 is 19.1 Å². The Morgan fingerprint density at radius 1 is 1.04 bits per heavy atom. The Hall–Kier alpha value is -2.77. The van der Waals surface area contributed by atoms with Crippen molar-refractivity contribution in [2.45, 2.75) is 19.8 Å². The van der Waals surface area contributed by atoms with Gasteiger partial charge in [0.15, 0.2) is 0 Å². The first-order valence-electron chi connectivity index (χ1n) is 8.95. The molecule has 3 rings (SSSR count). The molecule has 1 aromatic carbocycles. The molecule has 0 atom stereocenters. The van der Waals surface area contributed by atoms with E-state index in [1.54, 1.807) is 41.0 Å². The van der Waals surface area contributed by atoms with Crippen LogP contribution in [-0.2, 0) is 9.53 Å². The number of hydrogen-bond acceptors (Lipinski definition) is 4. The van der Waals surface area contributed by atoms with Crippen molar-refractivity contribution in [3.05, 3.63) is 24.3 Å². The van der Waals surface area contributed by atoms with Crippen LogP contribution in [-0.4, -0.2) is 60.6 Å². The van der Waals surface area contributed by atoms with Crippen LogP contribution in [0.5, 0.6) is 0 Å². The highest BCUT2D eigenvalue weighted by Crippen LogP contribution is 2.30.